The van der Waals surface area contributed by atoms with E-state index in [0.29, 0.717) is 6.04 Å². The normalized spacial score (nSPS) is 11.4. The molecule has 2 heteroatoms. The molecular weight excluding hydrogens is 138 g/mol. The van der Waals surface area contributed by atoms with Gasteiger partial charge in [0.2, 0.25) is 0 Å². The Morgan fingerprint density at radius 2 is 2.27 bits per heavy atom. The van der Waals surface area contributed by atoms with Gasteiger partial charge < -0.3 is 4.42 Å². The van der Waals surface area contributed by atoms with Gasteiger partial charge in [-0.3, -0.25) is 4.90 Å². The molecule has 2 nitrogen and oxygen atoms in total. The average Bonchev–Trinajstić information content (AvgIpc) is 2.39. The van der Waals surface area contributed by atoms with Gasteiger partial charge in [0.1, 0.15) is 5.76 Å². The van der Waals surface area contributed by atoms with Gasteiger partial charge in [-0.2, -0.15) is 0 Å². The van der Waals surface area contributed by atoms with Crippen molar-refractivity contribution in [1.82, 2.24) is 4.90 Å². The SMILES string of the molecule is CC(C)N(C)Cc1ccco1. The molecule has 0 N–H and O–H groups in total. The molecule has 1 rings (SSSR count). The zero-order chi connectivity index (χ0) is 8.27. The van der Waals surface area contributed by atoms with E-state index in [0.717, 1.165) is 12.3 Å². The van der Waals surface area contributed by atoms with Gasteiger partial charge >= 0.3 is 0 Å². The van der Waals surface area contributed by atoms with Crippen molar-refractivity contribution in [1.29, 1.82) is 0 Å². The maximum absolute atomic E-state index is 5.21. The molecule has 0 fully saturated rings. The largest absolute Gasteiger partial charge is 0.468 e. The topological polar surface area (TPSA) is 16.4 Å². The highest BCUT2D eigenvalue weighted by Gasteiger charge is 2.04. The Morgan fingerprint density at radius 1 is 1.55 bits per heavy atom. The van der Waals surface area contributed by atoms with E-state index in [4.69, 9.17) is 4.42 Å². The van der Waals surface area contributed by atoms with Gasteiger partial charge in [0.15, 0.2) is 0 Å². The molecule has 0 aromatic carbocycles. The molecule has 0 unspecified atom stereocenters. The van der Waals surface area contributed by atoms with Crippen LogP contribution in [0.2, 0.25) is 0 Å². The summed E-state index contributed by atoms with van der Waals surface area (Å²) < 4.78 is 5.21. The Hall–Kier alpha value is -0.760. The summed E-state index contributed by atoms with van der Waals surface area (Å²) in [6, 6.07) is 4.49. The standard InChI is InChI=1S/C9H15NO/c1-8(2)10(3)7-9-5-4-6-11-9/h4-6,8H,7H2,1-3H3. The van der Waals surface area contributed by atoms with E-state index in [1.807, 2.05) is 12.1 Å². The summed E-state index contributed by atoms with van der Waals surface area (Å²) in [6.45, 7) is 5.23. The molecule has 0 bridgehead atoms. The lowest BCUT2D eigenvalue weighted by atomic mass is 10.3. The Labute approximate surface area is 67.8 Å². The first-order valence-corrected chi connectivity index (χ1v) is 3.93. The van der Waals surface area contributed by atoms with Crippen LogP contribution in [0.1, 0.15) is 19.6 Å². The lowest BCUT2D eigenvalue weighted by molar-refractivity contribution is 0.244. The lowest BCUT2D eigenvalue weighted by Gasteiger charge is -2.18. The third kappa shape index (κ3) is 2.39. The summed E-state index contributed by atoms with van der Waals surface area (Å²) >= 11 is 0. The monoisotopic (exact) mass is 153 g/mol. The predicted molar refractivity (Wildman–Crippen MR) is 45.3 cm³/mol. The second-order valence-electron chi connectivity index (χ2n) is 3.09. The van der Waals surface area contributed by atoms with Crippen LogP contribution in [-0.2, 0) is 6.54 Å². The molecule has 0 amide bonds. The summed E-state index contributed by atoms with van der Waals surface area (Å²) in [5, 5.41) is 0. The van der Waals surface area contributed by atoms with E-state index in [1.54, 1.807) is 6.26 Å². The Morgan fingerprint density at radius 3 is 2.73 bits per heavy atom. The highest BCUT2D eigenvalue weighted by atomic mass is 16.3. The summed E-state index contributed by atoms with van der Waals surface area (Å²) in [5.74, 6) is 1.03. The number of nitrogens with zero attached hydrogens (tertiary/aromatic N) is 1. The van der Waals surface area contributed by atoms with Gasteiger partial charge in [-0.25, -0.2) is 0 Å². The zero-order valence-electron chi connectivity index (χ0n) is 7.37. The minimum absolute atomic E-state index is 0.570. The van der Waals surface area contributed by atoms with Crippen LogP contribution >= 0.6 is 0 Å². The van der Waals surface area contributed by atoms with E-state index in [2.05, 4.69) is 25.8 Å². The van der Waals surface area contributed by atoms with Crippen molar-refractivity contribution in [2.75, 3.05) is 7.05 Å². The summed E-state index contributed by atoms with van der Waals surface area (Å²) in [6.07, 6.45) is 1.71. The highest BCUT2D eigenvalue weighted by Crippen LogP contribution is 2.05. The van der Waals surface area contributed by atoms with Crippen molar-refractivity contribution in [2.24, 2.45) is 0 Å². The van der Waals surface area contributed by atoms with Crippen LogP contribution in [0.15, 0.2) is 22.8 Å². The van der Waals surface area contributed by atoms with Gasteiger partial charge in [0.05, 0.1) is 12.8 Å². The second kappa shape index (κ2) is 3.58. The van der Waals surface area contributed by atoms with E-state index in [9.17, 15) is 0 Å². The Bertz CT molecular complexity index is 191. The van der Waals surface area contributed by atoms with Gasteiger partial charge in [-0.15, -0.1) is 0 Å². The summed E-state index contributed by atoms with van der Waals surface area (Å²) in [4.78, 5) is 2.23. The van der Waals surface area contributed by atoms with Crippen molar-refractivity contribution < 1.29 is 4.42 Å². The fraction of sp³-hybridized carbons (Fsp3) is 0.556. The maximum Gasteiger partial charge on any atom is 0.117 e. The predicted octanol–water partition coefficient (Wildman–Crippen LogP) is 2.12. The first-order valence-electron chi connectivity index (χ1n) is 3.93. The first kappa shape index (κ1) is 8.34. The van der Waals surface area contributed by atoms with Gasteiger partial charge in [-0.05, 0) is 33.0 Å². The Balaban J connectivity index is 2.43. The van der Waals surface area contributed by atoms with E-state index in [1.165, 1.54) is 0 Å². The van der Waals surface area contributed by atoms with Crippen LogP contribution in [0.3, 0.4) is 0 Å². The van der Waals surface area contributed by atoms with Crippen LogP contribution in [-0.4, -0.2) is 18.0 Å². The molecule has 62 valence electrons. The molecule has 0 aliphatic carbocycles. The molecule has 0 aliphatic heterocycles. The van der Waals surface area contributed by atoms with Gasteiger partial charge in [0.25, 0.3) is 0 Å². The van der Waals surface area contributed by atoms with Crippen LogP contribution in [0.25, 0.3) is 0 Å². The molecule has 1 aromatic heterocycles. The molecule has 0 atom stereocenters. The van der Waals surface area contributed by atoms with Crippen LogP contribution in [0.5, 0.6) is 0 Å². The van der Waals surface area contributed by atoms with Crippen molar-refractivity contribution >= 4 is 0 Å². The fourth-order valence-corrected chi connectivity index (χ4v) is 0.831. The van der Waals surface area contributed by atoms with Crippen LogP contribution in [0, 0.1) is 0 Å². The van der Waals surface area contributed by atoms with Crippen molar-refractivity contribution in [2.45, 2.75) is 26.4 Å². The molecule has 0 aliphatic rings. The lowest BCUT2D eigenvalue weighted by Crippen LogP contribution is -2.25. The highest BCUT2D eigenvalue weighted by molar-refractivity contribution is 4.97. The maximum atomic E-state index is 5.21. The molecule has 0 spiro atoms. The summed E-state index contributed by atoms with van der Waals surface area (Å²) in [7, 11) is 2.09. The molecule has 0 saturated carbocycles. The van der Waals surface area contributed by atoms with Gasteiger partial charge in [-0.1, -0.05) is 0 Å². The smallest absolute Gasteiger partial charge is 0.117 e. The van der Waals surface area contributed by atoms with Crippen LogP contribution in [0.4, 0.5) is 0 Å². The van der Waals surface area contributed by atoms with Crippen LogP contribution < -0.4 is 0 Å². The first-order chi connectivity index (χ1) is 5.20. The van der Waals surface area contributed by atoms with Gasteiger partial charge in [0, 0.05) is 6.04 Å². The van der Waals surface area contributed by atoms with E-state index < -0.39 is 0 Å². The minimum atomic E-state index is 0.570. The Kier molecular flexibility index (Phi) is 2.71. The van der Waals surface area contributed by atoms with Crippen molar-refractivity contribution in [3.63, 3.8) is 0 Å². The van der Waals surface area contributed by atoms with E-state index in [-0.39, 0.29) is 0 Å². The number of furan rings is 1. The number of hydrogen-bond acceptors (Lipinski definition) is 2. The molecule has 1 heterocycles. The average molecular weight is 153 g/mol. The third-order valence-electron chi connectivity index (χ3n) is 1.87. The molecule has 0 radical (unpaired) electrons. The van der Waals surface area contributed by atoms with E-state index >= 15 is 0 Å². The minimum Gasteiger partial charge on any atom is -0.468 e. The van der Waals surface area contributed by atoms with Crippen molar-refractivity contribution in [3.05, 3.63) is 24.2 Å². The summed E-state index contributed by atoms with van der Waals surface area (Å²) in [5.41, 5.74) is 0. The third-order valence-corrected chi connectivity index (χ3v) is 1.87. The molecular formula is C9H15NO. The second-order valence-corrected chi connectivity index (χ2v) is 3.09. The number of hydrogen-bond donors (Lipinski definition) is 0. The molecule has 0 saturated heterocycles. The molecule has 11 heavy (non-hydrogen) atoms. The fourth-order valence-electron chi connectivity index (χ4n) is 0.831. The zero-order valence-corrected chi connectivity index (χ0v) is 7.37. The van der Waals surface area contributed by atoms with Crippen molar-refractivity contribution in [3.8, 4) is 0 Å². The number of rotatable bonds is 3. The quantitative estimate of drug-likeness (QED) is 0.661. The molecule has 1 aromatic rings.